The molecule has 2 aliphatic heterocycles. The third-order valence-corrected chi connectivity index (χ3v) is 4.43. The molecule has 0 saturated carbocycles. The van der Waals surface area contributed by atoms with Crippen molar-refractivity contribution in [3.63, 3.8) is 0 Å². The summed E-state index contributed by atoms with van der Waals surface area (Å²) in [7, 11) is 0. The monoisotopic (exact) mass is 333 g/mol. The SMILES string of the molecule is Fc1nc(F)c(F)c(N2CCCC(CN3CCOCC3)C2)c1F. The molecule has 8 heteroatoms. The molecule has 0 bridgehead atoms. The van der Waals surface area contributed by atoms with E-state index in [2.05, 4.69) is 9.88 Å². The van der Waals surface area contributed by atoms with Crippen LogP contribution in [0.5, 0.6) is 0 Å². The van der Waals surface area contributed by atoms with E-state index in [1.54, 1.807) is 0 Å². The molecule has 0 aromatic carbocycles. The minimum atomic E-state index is -1.60. The third-order valence-electron chi connectivity index (χ3n) is 4.43. The molecular formula is C15H19F4N3O. The van der Waals surface area contributed by atoms with Gasteiger partial charge in [0, 0.05) is 32.7 Å². The lowest BCUT2D eigenvalue weighted by atomic mass is 9.96. The second kappa shape index (κ2) is 7.00. The van der Waals surface area contributed by atoms with Gasteiger partial charge in [0.15, 0.2) is 0 Å². The molecule has 3 rings (SSSR count). The minimum absolute atomic E-state index is 0.194. The zero-order chi connectivity index (χ0) is 16.4. The van der Waals surface area contributed by atoms with Gasteiger partial charge in [0.2, 0.25) is 11.6 Å². The molecule has 3 heterocycles. The Bertz CT molecular complexity index is 540. The molecule has 0 N–H and O–H groups in total. The highest BCUT2D eigenvalue weighted by molar-refractivity contribution is 5.49. The van der Waals surface area contributed by atoms with Gasteiger partial charge in [-0.05, 0) is 18.8 Å². The number of pyridine rings is 1. The first-order valence-electron chi connectivity index (χ1n) is 7.81. The summed E-state index contributed by atoms with van der Waals surface area (Å²) in [4.78, 5) is 6.25. The molecule has 0 aliphatic carbocycles. The fourth-order valence-electron chi connectivity index (χ4n) is 3.32. The predicted molar refractivity (Wildman–Crippen MR) is 76.3 cm³/mol. The highest BCUT2D eigenvalue weighted by Gasteiger charge is 2.30. The summed E-state index contributed by atoms with van der Waals surface area (Å²) in [6.07, 6.45) is 1.65. The van der Waals surface area contributed by atoms with Gasteiger partial charge in [-0.2, -0.15) is 22.5 Å². The molecule has 2 fully saturated rings. The maximum Gasteiger partial charge on any atom is 0.253 e. The number of hydrogen-bond acceptors (Lipinski definition) is 4. The van der Waals surface area contributed by atoms with Gasteiger partial charge in [-0.1, -0.05) is 0 Å². The van der Waals surface area contributed by atoms with E-state index in [1.807, 2.05) is 0 Å². The number of ether oxygens (including phenoxy) is 1. The summed E-state index contributed by atoms with van der Waals surface area (Å²) >= 11 is 0. The van der Waals surface area contributed by atoms with Crippen molar-refractivity contribution >= 4 is 5.69 Å². The van der Waals surface area contributed by atoms with Crippen molar-refractivity contribution in [3.8, 4) is 0 Å². The summed E-state index contributed by atoms with van der Waals surface area (Å²) in [6.45, 7) is 4.56. The Kier molecular flexibility index (Phi) is 5.01. The Hall–Kier alpha value is -1.41. The van der Waals surface area contributed by atoms with E-state index >= 15 is 0 Å². The number of halogens is 4. The van der Waals surface area contributed by atoms with Gasteiger partial charge >= 0.3 is 0 Å². The minimum Gasteiger partial charge on any atom is -0.379 e. The maximum atomic E-state index is 13.9. The lowest BCUT2D eigenvalue weighted by Crippen LogP contribution is -2.45. The molecule has 1 unspecified atom stereocenters. The molecule has 2 aliphatic rings. The standard InChI is InChI=1S/C15H19F4N3O/c16-11-13(12(17)15(19)20-14(11)18)22-3-1-2-10(9-22)8-21-4-6-23-7-5-21/h10H,1-9H2. The summed E-state index contributed by atoms with van der Waals surface area (Å²) in [5, 5.41) is 0. The van der Waals surface area contributed by atoms with Crippen LogP contribution in [-0.2, 0) is 4.74 Å². The number of nitrogens with zero attached hydrogens (tertiary/aromatic N) is 3. The highest BCUT2D eigenvalue weighted by atomic mass is 19.2. The van der Waals surface area contributed by atoms with Crippen molar-refractivity contribution in [1.82, 2.24) is 9.88 Å². The maximum absolute atomic E-state index is 13.9. The molecule has 1 atom stereocenters. The lowest BCUT2D eigenvalue weighted by Gasteiger charge is -2.37. The van der Waals surface area contributed by atoms with Crippen LogP contribution in [0.3, 0.4) is 0 Å². The van der Waals surface area contributed by atoms with Crippen LogP contribution in [0.25, 0.3) is 0 Å². The van der Waals surface area contributed by atoms with Crippen molar-refractivity contribution in [2.45, 2.75) is 12.8 Å². The van der Waals surface area contributed by atoms with E-state index in [0.29, 0.717) is 26.3 Å². The summed E-state index contributed by atoms with van der Waals surface area (Å²) in [5.41, 5.74) is -0.637. The van der Waals surface area contributed by atoms with Crippen LogP contribution in [0.1, 0.15) is 12.8 Å². The van der Waals surface area contributed by atoms with E-state index in [0.717, 1.165) is 32.5 Å². The summed E-state index contributed by atoms with van der Waals surface area (Å²) < 4.78 is 59.7. The Balaban J connectivity index is 1.73. The first-order valence-corrected chi connectivity index (χ1v) is 7.81. The van der Waals surface area contributed by atoms with E-state index in [4.69, 9.17) is 4.74 Å². The van der Waals surface area contributed by atoms with Crippen molar-refractivity contribution in [2.24, 2.45) is 5.92 Å². The molecule has 23 heavy (non-hydrogen) atoms. The van der Waals surface area contributed by atoms with E-state index < -0.39 is 29.2 Å². The Morgan fingerprint density at radius 2 is 1.65 bits per heavy atom. The fraction of sp³-hybridized carbons (Fsp3) is 0.667. The number of piperidine rings is 1. The van der Waals surface area contributed by atoms with Crippen LogP contribution >= 0.6 is 0 Å². The quantitative estimate of drug-likeness (QED) is 0.626. The van der Waals surface area contributed by atoms with Gasteiger partial charge in [-0.25, -0.2) is 0 Å². The van der Waals surface area contributed by atoms with Crippen molar-refractivity contribution in [2.75, 3.05) is 50.8 Å². The Labute approximate surface area is 132 Å². The Morgan fingerprint density at radius 3 is 2.30 bits per heavy atom. The Morgan fingerprint density at radius 1 is 1.00 bits per heavy atom. The zero-order valence-electron chi connectivity index (χ0n) is 12.7. The van der Waals surface area contributed by atoms with Crippen LogP contribution in [0, 0.1) is 29.4 Å². The molecule has 1 aromatic heterocycles. The van der Waals surface area contributed by atoms with Crippen LogP contribution in [0.2, 0.25) is 0 Å². The lowest BCUT2D eigenvalue weighted by molar-refractivity contribution is 0.0296. The van der Waals surface area contributed by atoms with Gasteiger partial charge in [0.25, 0.3) is 11.9 Å². The van der Waals surface area contributed by atoms with Crippen LogP contribution in [-0.4, -0.2) is 55.8 Å². The van der Waals surface area contributed by atoms with Gasteiger partial charge < -0.3 is 9.64 Å². The van der Waals surface area contributed by atoms with E-state index in [1.165, 1.54) is 4.90 Å². The number of aromatic nitrogens is 1. The summed E-state index contributed by atoms with van der Waals surface area (Å²) in [6, 6.07) is 0. The van der Waals surface area contributed by atoms with Gasteiger partial charge in [-0.3, -0.25) is 4.90 Å². The number of anilines is 1. The van der Waals surface area contributed by atoms with Crippen molar-refractivity contribution in [3.05, 3.63) is 23.5 Å². The van der Waals surface area contributed by atoms with Gasteiger partial charge in [-0.15, -0.1) is 0 Å². The van der Waals surface area contributed by atoms with E-state index in [-0.39, 0.29) is 5.92 Å². The second-order valence-corrected chi connectivity index (χ2v) is 6.04. The van der Waals surface area contributed by atoms with E-state index in [9.17, 15) is 17.6 Å². The fourth-order valence-corrected chi connectivity index (χ4v) is 3.32. The number of hydrogen-bond donors (Lipinski definition) is 0. The number of rotatable bonds is 3. The molecule has 0 radical (unpaired) electrons. The normalized spacial score (nSPS) is 23.3. The molecule has 2 saturated heterocycles. The summed E-state index contributed by atoms with van der Waals surface area (Å²) in [5.74, 6) is -5.85. The topological polar surface area (TPSA) is 28.6 Å². The molecule has 1 aromatic rings. The van der Waals surface area contributed by atoms with Gasteiger partial charge in [0.05, 0.1) is 13.2 Å². The van der Waals surface area contributed by atoms with Crippen molar-refractivity contribution in [1.29, 1.82) is 0 Å². The largest absolute Gasteiger partial charge is 0.379 e. The predicted octanol–water partition coefficient (Wildman–Crippen LogP) is 2.19. The average Bonchev–Trinajstić information content (AvgIpc) is 2.55. The van der Waals surface area contributed by atoms with Crippen molar-refractivity contribution < 1.29 is 22.3 Å². The third kappa shape index (κ3) is 3.58. The van der Waals surface area contributed by atoms with Crippen LogP contribution in [0.4, 0.5) is 23.2 Å². The number of morpholine rings is 1. The first kappa shape index (κ1) is 16.4. The van der Waals surface area contributed by atoms with Crippen LogP contribution < -0.4 is 4.90 Å². The van der Waals surface area contributed by atoms with Crippen LogP contribution in [0.15, 0.2) is 0 Å². The molecule has 0 amide bonds. The zero-order valence-corrected chi connectivity index (χ0v) is 12.7. The molecule has 0 spiro atoms. The molecular weight excluding hydrogens is 314 g/mol. The van der Waals surface area contributed by atoms with Gasteiger partial charge in [0.1, 0.15) is 5.69 Å². The first-order chi connectivity index (χ1) is 11.1. The molecule has 128 valence electrons. The average molecular weight is 333 g/mol. The smallest absolute Gasteiger partial charge is 0.253 e. The molecule has 4 nitrogen and oxygen atoms in total. The highest BCUT2D eigenvalue weighted by Crippen LogP contribution is 2.30. The second-order valence-electron chi connectivity index (χ2n) is 6.04.